The number of rotatable bonds is 1. The van der Waals surface area contributed by atoms with Crippen molar-refractivity contribution >= 4 is 16.6 Å². The normalized spacial score (nSPS) is 18.3. The molecule has 0 fully saturated rings. The van der Waals surface area contributed by atoms with Gasteiger partial charge in [-0.05, 0) is 31.9 Å². The van der Waals surface area contributed by atoms with Crippen LogP contribution in [0.5, 0.6) is 0 Å². The van der Waals surface area contributed by atoms with E-state index in [9.17, 15) is 14.4 Å². The number of benzene rings is 1. The molecule has 2 aromatic rings. The van der Waals surface area contributed by atoms with Crippen LogP contribution in [0.1, 0.15) is 25.8 Å². The topological polar surface area (TPSA) is 61.1 Å². The number of ketones is 1. The molecule has 1 aliphatic rings. The van der Waals surface area contributed by atoms with Gasteiger partial charge in [0, 0.05) is 6.54 Å². The Hall–Kier alpha value is -2.17. The van der Waals surface area contributed by atoms with Gasteiger partial charge in [-0.25, -0.2) is 9.36 Å². The minimum absolute atomic E-state index is 0.0785. The number of carbonyl (C=O) groups excluding carboxylic acids is 1. The first kappa shape index (κ1) is 11.9. The van der Waals surface area contributed by atoms with Gasteiger partial charge in [0.15, 0.2) is 5.78 Å². The number of nitrogens with zero attached hydrogens (tertiary/aromatic N) is 2. The largest absolute Gasteiger partial charge is 0.298 e. The van der Waals surface area contributed by atoms with Crippen LogP contribution in [0.4, 0.5) is 0 Å². The number of hydrogen-bond donors (Lipinski definition) is 0. The van der Waals surface area contributed by atoms with Crippen molar-refractivity contribution in [1.82, 2.24) is 9.36 Å². The molecule has 0 saturated heterocycles. The lowest BCUT2D eigenvalue weighted by atomic mass is 10.1. The quantitative estimate of drug-likeness (QED) is 0.769. The van der Waals surface area contributed by atoms with E-state index in [2.05, 4.69) is 0 Å². The zero-order valence-corrected chi connectivity index (χ0v) is 10.6. The van der Waals surface area contributed by atoms with E-state index in [0.29, 0.717) is 23.7 Å². The maximum atomic E-state index is 12.5. The summed E-state index contributed by atoms with van der Waals surface area (Å²) in [4.78, 5) is 36.6. The van der Waals surface area contributed by atoms with E-state index in [1.165, 1.54) is 16.3 Å². The van der Waals surface area contributed by atoms with Crippen molar-refractivity contribution < 1.29 is 4.79 Å². The van der Waals surface area contributed by atoms with Crippen LogP contribution < -0.4 is 11.1 Å². The molecule has 1 atom stereocenters. The summed E-state index contributed by atoms with van der Waals surface area (Å²) < 4.78 is 2.76. The van der Waals surface area contributed by atoms with E-state index in [-0.39, 0.29) is 16.9 Å². The first-order valence-electron chi connectivity index (χ1n) is 6.36. The minimum Gasteiger partial charge on any atom is -0.298 e. The zero-order valence-electron chi connectivity index (χ0n) is 10.6. The maximum absolute atomic E-state index is 12.5. The van der Waals surface area contributed by atoms with Crippen molar-refractivity contribution in [3.05, 3.63) is 45.0 Å². The lowest BCUT2D eigenvalue weighted by molar-refractivity contribution is -0.121. The van der Waals surface area contributed by atoms with Gasteiger partial charge >= 0.3 is 0 Å². The molecule has 1 unspecified atom stereocenters. The Balaban J connectivity index is 2.47. The van der Waals surface area contributed by atoms with Crippen molar-refractivity contribution in [3.8, 4) is 0 Å². The molecule has 98 valence electrons. The van der Waals surface area contributed by atoms with Gasteiger partial charge in [0.1, 0.15) is 6.04 Å². The number of aromatic nitrogens is 2. The summed E-state index contributed by atoms with van der Waals surface area (Å²) in [6, 6.07) is 6.25. The molecule has 0 spiro atoms. The van der Waals surface area contributed by atoms with Crippen LogP contribution in [0, 0.1) is 0 Å². The highest BCUT2D eigenvalue weighted by molar-refractivity contribution is 5.82. The van der Waals surface area contributed by atoms with Crippen molar-refractivity contribution in [2.24, 2.45) is 0 Å². The second-order valence-electron chi connectivity index (χ2n) is 4.89. The van der Waals surface area contributed by atoms with Gasteiger partial charge in [-0.1, -0.05) is 12.1 Å². The highest BCUT2D eigenvalue weighted by Crippen LogP contribution is 2.19. The number of fused-ring (bicyclic) bond motifs is 2. The number of Topliss-reactive ketones (excluding diaryl/α,β-unsaturated/α-hetero) is 1. The summed E-state index contributed by atoms with van der Waals surface area (Å²) in [5.74, 6) is -0.0785. The second-order valence-corrected chi connectivity index (χ2v) is 4.89. The van der Waals surface area contributed by atoms with Crippen molar-refractivity contribution in [2.45, 2.75) is 32.4 Å². The molecule has 0 radical (unpaired) electrons. The van der Waals surface area contributed by atoms with Crippen LogP contribution in [0.2, 0.25) is 0 Å². The smallest absolute Gasteiger partial charge is 0.273 e. The summed E-state index contributed by atoms with van der Waals surface area (Å²) in [6.45, 7) is 1.95. The van der Waals surface area contributed by atoms with Crippen LogP contribution in [-0.4, -0.2) is 15.1 Å². The predicted molar refractivity (Wildman–Crippen MR) is 71.4 cm³/mol. The summed E-state index contributed by atoms with van der Waals surface area (Å²) >= 11 is 0. The molecule has 0 saturated carbocycles. The molecule has 1 aromatic heterocycles. The van der Waals surface area contributed by atoms with Crippen LogP contribution in [0.15, 0.2) is 33.9 Å². The molecule has 0 bridgehead atoms. The van der Waals surface area contributed by atoms with Gasteiger partial charge in [0.25, 0.3) is 11.1 Å². The van der Waals surface area contributed by atoms with E-state index in [1.54, 1.807) is 24.3 Å². The fourth-order valence-corrected chi connectivity index (χ4v) is 2.78. The average molecular weight is 258 g/mol. The fourth-order valence-electron chi connectivity index (χ4n) is 2.78. The van der Waals surface area contributed by atoms with E-state index in [1.807, 2.05) is 0 Å². The van der Waals surface area contributed by atoms with Crippen molar-refractivity contribution in [3.63, 3.8) is 0 Å². The van der Waals surface area contributed by atoms with Crippen molar-refractivity contribution in [1.29, 1.82) is 0 Å². The van der Waals surface area contributed by atoms with Crippen LogP contribution >= 0.6 is 0 Å². The Morgan fingerprint density at radius 1 is 1.16 bits per heavy atom. The molecule has 0 amide bonds. The Morgan fingerprint density at radius 2 is 1.79 bits per heavy atom. The third-order valence-corrected chi connectivity index (χ3v) is 3.70. The Bertz CT molecular complexity index is 785. The first-order chi connectivity index (χ1) is 9.11. The molecule has 1 aliphatic heterocycles. The maximum Gasteiger partial charge on any atom is 0.273 e. The Kier molecular flexibility index (Phi) is 2.62. The van der Waals surface area contributed by atoms with Gasteiger partial charge in [-0.3, -0.25) is 14.4 Å². The van der Waals surface area contributed by atoms with Gasteiger partial charge < -0.3 is 0 Å². The molecular formula is C14H14N2O3. The molecule has 0 N–H and O–H groups in total. The van der Waals surface area contributed by atoms with Gasteiger partial charge in [-0.2, -0.15) is 0 Å². The SMILES string of the molecule is CC(=O)C1CCCn2c(=O)c3ccccc3c(=O)n21. The van der Waals surface area contributed by atoms with Crippen LogP contribution in [0.3, 0.4) is 0 Å². The van der Waals surface area contributed by atoms with Gasteiger partial charge in [-0.15, -0.1) is 0 Å². The van der Waals surface area contributed by atoms with E-state index >= 15 is 0 Å². The van der Waals surface area contributed by atoms with Crippen molar-refractivity contribution in [2.75, 3.05) is 0 Å². The van der Waals surface area contributed by atoms with Gasteiger partial charge in [0.2, 0.25) is 0 Å². The Morgan fingerprint density at radius 3 is 2.42 bits per heavy atom. The molecule has 0 aliphatic carbocycles. The number of carbonyl (C=O) groups is 1. The monoisotopic (exact) mass is 258 g/mol. The molecule has 2 heterocycles. The van der Waals surface area contributed by atoms with E-state index in [4.69, 9.17) is 0 Å². The summed E-state index contributed by atoms with van der Waals surface area (Å²) in [6.07, 6.45) is 1.36. The summed E-state index contributed by atoms with van der Waals surface area (Å²) in [5, 5.41) is 0.810. The first-order valence-corrected chi connectivity index (χ1v) is 6.36. The molecule has 19 heavy (non-hydrogen) atoms. The molecule has 5 heteroatoms. The third kappa shape index (κ3) is 1.65. The van der Waals surface area contributed by atoms with E-state index < -0.39 is 6.04 Å². The lowest BCUT2D eigenvalue weighted by Crippen LogP contribution is -2.45. The van der Waals surface area contributed by atoms with Crippen LogP contribution in [0.25, 0.3) is 10.8 Å². The summed E-state index contributed by atoms with van der Waals surface area (Å²) in [5.41, 5.74) is -0.448. The molecular weight excluding hydrogens is 244 g/mol. The third-order valence-electron chi connectivity index (χ3n) is 3.70. The van der Waals surface area contributed by atoms with Crippen LogP contribution in [-0.2, 0) is 11.3 Å². The minimum atomic E-state index is -0.515. The molecule has 3 rings (SSSR count). The zero-order chi connectivity index (χ0) is 13.6. The number of hydrogen-bond acceptors (Lipinski definition) is 3. The lowest BCUT2D eigenvalue weighted by Gasteiger charge is -2.27. The highest BCUT2D eigenvalue weighted by atomic mass is 16.2. The highest BCUT2D eigenvalue weighted by Gasteiger charge is 2.26. The second kappa shape index (κ2) is 4.19. The average Bonchev–Trinajstić information content (AvgIpc) is 2.44. The van der Waals surface area contributed by atoms with E-state index in [0.717, 1.165) is 6.42 Å². The fraction of sp³-hybridized carbons (Fsp3) is 0.357. The standard InChI is InChI=1S/C14H14N2O3/c1-9(17)12-7-4-8-15-13(18)10-5-2-3-6-11(10)14(19)16(12)15/h2-3,5-6,12H,4,7-8H2,1H3. The molecule has 5 nitrogen and oxygen atoms in total. The predicted octanol–water partition coefficient (Wildman–Crippen LogP) is 1.09. The molecule has 1 aromatic carbocycles. The Labute approximate surface area is 109 Å². The summed E-state index contributed by atoms with van der Waals surface area (Å²) in [7, 11) is 0. The van der Waals surface area contributed by atoms with Gasteiger partial charge in [0.05, 0.1) is 10.8 Å².